The van der Waals surface area contributed by atoms with Crippen molar-refractivity contribution in [1.29, 1.82) is 0 Å². The van der Waals surface area contributed by atoms with Gasteiger partial charge in [0.05, 0.1) is 4.90 Å². The molecule has 1 atom stereocenters. The van der Waals surface area contributed by atoms with Crippen molar-refractivity contribution < 1.29 is 32.3 Å². The molecule has 1 heterocycles. The number of carboxylic acid groups (broad SMARTS) is 1. The molecule has 4 rings (SSSR count). The third-order valence-corrected chi connectivity index (χ3v) is 7.40. The Bertz CT molecular complexity index is 1520. The Morgan fingerprint density at radius 3 is 2.46 bits per heavy atom. The van der Waals surface area contributed by atoms with Crippen LogP contribution in [-0.4, -0.2) is 44.6 Å². The van der Waals surface area contributed by atoms with Crippen LogP contribution in [0.4, 0.5) is 0 Å². The van der Waals surface area contributed by atoms with Crippen LogP contribution < -0.4 is 14.8 Å². The maximum absolute atomic E-state index is 13.0. The highest BCUT2D eigenvalue weighted by Crippen LogP contribution is 2.30. The molecule has 0 bridgehead atoms. The second-order valence-electron chi connectivity index (χ2n) is 8.36. The van der Waals surface area contributed by atoms with E-state index in [4.69, 9.17) is 20.8 Å². The van der Waals surface area contributed by atoms with E-state index in [1.807, 2.05) is 18.2 Å². The summed E-state index contributed by atoms with van der Waals surface area (Å²) in [5.41, 5.74) is 1.17. The minimum atomic E-state index is -4.10. The number of carboxylic acids is 1. The van der Waals surface area contributed by atoms with E-state index in [1.165, 1.54) is 12.1 Å². The monoisotopic (exact) mass is 544 g/mol. The zero-order chi connectivity index (χ0) is 26.4. The van der Waals surface area contributed by atoms with Gasteiger partial charge in [0.2, 0.25) is 10.0 Å². The van der Waals surface area contributed by atoms with Gasteiger partial charge in [-0.2, -0.15) is 4.72 Å². The van der Waals surface area contributed by atoms with Crippen LogP contribution in [0, 0.1) is 0 Å². The highest BCUT2D eigenvalue weighted by molar-refractivity contribution is 7.89. The zero-order valence-electron chi connectivity index (χ0n) is 19.6. The molecule has 0 radical (unpaired) electrons. The quantitative estimate of drug-likeness (QED) is 0.226. The molecule has 1 aromatic heterocycles. The Kier molecular flexibility index (Phi) is 8.32. The standard InChI is InChI=1S/C26H25ClN2O7S/c27-17-8-10-18(11-9-17)35-16-25(30)28-14-4-3-6-22(26(31)32)29-37(33,34)19-12-13-24-21(15-19)20-5-1-2-7-23(20)36-24/h1-2,5,7-13,15,22,29H,3-4,6,14,16H2,(H,28,30)(H,31,32). The van der Waals surface area contributed by atoms with Crippen molar-refractivity contribution in [2.24, 2.45) is 0 Å². The van der Waals surface area contributed by atoms with Crippen LogP contribution in [0.1, 0.15) is 19.3 Å². The number of rotatable bonds is 12. The van der Waals surface area contributed by atoms with Crippen LogP contribution in [0.3, 0.4) is 0 Å². The van der Waals surface area contributed by atoms with E-state index in [0.29, 0.717) is 46.7 Å². The molecule has 0 aliphatic carbocycles. The van der Waals surface area contributed by atoms with Crippen LogP contribution in [0.15, 0.2) is 76.0 Å². The van der Waals surface area contributed by atoms with Crippen molar-refractivity contribution in [2.75, 3.05) is 13.2 Å². The molecular formula is C26H25ClN2O7S. The van der Waals surface area contributed by atoms with Crippen LogP contribution in [-0.2, 0) is 19.6 Å². The van der Waals surface area contributed by atoms with Gasteiger partial charge >= 0.3 is 5.97 Å². The van der Waals surface area contributed by atoms with E-state index in [-0.39, 0.29) is 23.8 Å². The molecule has 0 aliphatic rings. The maximum Gasteiger partial charge on any atom is 0.321 e. The number of sulfonamides is 1. The van der Waals surface area contributed by atoms with Gasteiger partial charge in [-0.25, -0.2) is 8.42 Å². The lowest BCUT2D eigenvalue weighted by atomic mass is 10.1. The number of amides is 1. The highest BCUT2D eigenvalue weighted by atomic mass is 35.5. The first-order valence-electron chi connectivity index (χ1n) is 11.5. The fraction of sp³-hybridized carbons (Fsp3) is 0.231. The number of benzene rings is 3. The first-order valence-corrected chi connectivity index (χ1v) is 13.4. The summed E-state index contributed by atoms with van der Waals surface area (Å²) in [5, 5.41) is 14.2. The molecular weight excluding hydrogens is 520 g/mol. The second kappa shape index (κ2) is 11.6. The van der Waals surface area contributed by atoms with Gasteiger partial charge in [0, 0.05) is 22.3 Å². The molecule has 3 aromatic carbocycles. The number of fused-ring (bicyclic) bond motifs is 3. The lowest BCUT2D eigenvalue weighted by Gasteiger charge is -2.15. The van der Waals surface area contributed by atoms with Gasteiger partial charge in [-0.1, -0.05) is 29.8 Å². The Morgan fingerprint density at radius 2 is 1.70 bits per heavy atom. The van der Waals surface area contributed by atoms with Gasteiger partial charge in [-0.05, 0) is 67.8 Å². The van der Waals surface area contributed by atoms with E-state index >= 15 is 0 Å². The van der Waals surface area contributed by atoms with E-state index in [0.717, 1.165) is 5.39 Å². The predicted molar refractivity (Wildman–Crippen MR) is 139 cm³/mol. The summed E-state index contributed by atoms with van der Waals surface area (Å²) in [6.45, 7) is 0.127. The van der Waals surface area contributed by atoms with Crippen molar-refractivity contribution in [1.82, 2.24) is 10.0 Å². The Labute approximate surface area is 218 Å². The molecule has 3 N–H and O–H groups in total. The van der Waals surface area contributed by atoms with Gasteiger partial charge in [0.25, 0.3) is 5.91 Å². The summed E-state index contributed by atoms with van der Waals surface area (Å²) in [7, 11) is -4.10. The molecule has 37 heavy (non-hydrogen) atoms. The molecule has 1 amide bonds. The van der Waals surface area contributed by atoms with Crippen LogP contribution in [0.5, 0.6) is 5.75 Å². The van der Waals surface area contributed by atoms with Gasteiger partial charge in [-0.15, -0.1) is 0 Å². The molecule has 0 saturated carbocycles. The number of unbranched alkanes of at least 4 members (excludes halogenated alkanes) is 1. The average Bonchev–Trinajstić information content (AvgIpc) is 3.25. The smallest absolute Gasteiger partial charge is 0.321 e. The molecule has 4 aromatic rings. The second-order valence-corrected chi connectivity index (χ2v) is 10.5. The number of carbonyl (C=O) groups is 2. The fourth-order valence-electron chi connectivity index (χ4n) is 3.79. The van der Waals surface area contributed by atoms with Crippen molar-refractivity contribution in [3.05, 3.63) is 71.8 Å². The normalized spacial score (nSPS) is 12.5. The summed E-state index contributed by atoms with van der Waals surface area (Å²) >= 11 is 5.80. The maximum atomic E-state index is 13.0. The molecule has 9 nitrogen and oxygen atoms in total. The number of hydrogen-bond acceptors (Lipinski definition) is 6. The van der Waals surface area contributed by atoms with Crippen LogP contribution >= 0.6 is 11.6 Å². The summed E-state index contributed by atoms with van der Waals surface area (Å²) in [4.78, 5) is 23.6. The first kappa shape index (κ1) is 26.5. The van der Waals surface area contributed by atoms with Gasteiger partial charge in [0.15, 0.2) is 6.61 Å². The van der Waals surface area contributed by atoms with Gasteiger partial charge in [-0.3, -0.25) is 9.59 Å². The fourth-order valence-corrected chi connectivity index (χ4v) is 5.17. The summed E-state index contributed by atoms with van der Waals surface area (Å²) < 4.78 is 39.3. The van der Waals surface area contributed by atoms with Crippen molar-refractivity contribution in [2.45, 2.75) is 30.2 Å². The van der Waals surface area contributed by atoms with Crippen LogP contribution in [0.25, 0.3) is 21.9 Å². The van der Waals surface area contributed by atoms with E-state index in [1.54, 1.807) is 36.4 Å². The van der Waals surface area contributed by atoms with E-state index in [9.17, 15) is 23.1 Å². The lowest BCUT2D eigenvalue weighted by molar-refractivity contribution is -0.139. The molecule has 1 unspecified atom stereocenters. The molecule has 0 spiro atoms. The molecule has 0 aliphatic heterocycles. The minimum Gasteiger partial charge on any atom is -0.484 e. The topological polar surface area (TPSA) is 135 Å². The lowest BCUT2D eigenvalue weighted by Crippen LogP contribution is -2.40. The molecule has 0 fully saturated rings. The van der Waals surface area contributed by atoms with Crippen LogP contribution in [0.2, 0.25) is 5.02 Å². The molecule has 0 saturated heterocycles. The third-order valence-electron chi connectivity index (χ3n) is 5.68. The minimum absolute atomic E-state index is 0.0502. The number of halogens is 1. The highest BCUT2D eigenvalue weighted by Gasteiger charge is 2.25. The predicted octanol–water partition coefficient (Wildman–Crippen LogP) is 4.34. The van der Waals surface area contributed by atoms with Crippen molar-refractivity contribution >= 4 is 55.4 Å². The number of para-hydroxylation sites is 1. The summed E-state index contributed by atoms with van der Waals surface area (Å²) in [6.07, 6.45) is 0.900. The SMILES string of the molecule is O=C(COc1ccc(Cl)cc1)NCCCCC(NS(=O)(=O)c1ccc2oc3ccccc3c2c1)C(=O)O. The number of aliphatic carboxylic acids is 1. The molecule has 194 valence electrons. The number of furan rings is 1. The van der Waals surface area contributed by atoms with Gasteiger partial charge in [0.1, 0.15) is 23.0 Å². The largest absolute Gasteiger partial charge is 0.484 e. The average molecular weight is 545 g/mol. The number of carbonyl (C=O) groups excluding carboxylic acids is 1. The van der Waals surface area contributed by atoms with Crippen molar-refractivity contribution in [3.8, 4) is 5.75 Å². The van der Waals surface area contributed by atoms with Crippen molar-refractivity contribution in [3.63, 3.8) is 0 Å². The van der Waals surface area contributed by atoms with E-state index in [2.05, 4.69) is 10.0 Å². The Balaban J connectivity index is 1.28. The number of hydrogen-bond donors (Lipinski definition) is 3. The number of nitrogens with one attached hydrogen (secondary N) is 2. The zero-order valence-corrected chi connectivity index (χ0v) is 21.2. The Morgan fingerprint density at radius 1 is 0.973 bits per heavy atom. The van der Waals surface area contributed by atoms with Gasteiger partial charge < -0.3 is 19.6 Å². The first-order chi connectivity index (χ1) is 17.7. The van der Waals surface area contributed by atoms with E-state index < -0.39 is 22.0 Å². The summed E-state index contributed by atoms with van der Waals surface area (Å²) in [6, 6.07) is 17.0. The summed E-state index contributed by atoms with van der Waals surface area (Å²) in [5.74, 6) is -1.09. The number of ether oxygens (including phenoxy) is 1. The Hall–Kier alpha value is -3.60. The third kappa shape index (κ3) is 6.79. The molecule has 11 heteroatoms.